The van der Waals surface area contributed by atoms with Crippen LogP contribution in [0.2, 0.25) is 0 Å². The second kappa shape index (κ2) is 6.08. The van der Waals surface area contributed by atoms with Gasteiger partial charge in [-0.1, -0.05) is 13.3 Å². The first kappa shape index (κ1) is 13.9. The van der Waals surface area contributed by atoms with Gasteiger partial charge in [0, 0.05) is 32.2 Å². The van der Waals surface area contributed by atoms with E-state index in [0.29, 0.717) is 17.9 Å². The Labute approximate surface area is 112 Å². The third kappa shape index (κ3) is 2.90. The SMILES string of the molecule is CCCC(OC)c1nc2c(c(C(=O)O)n1)CNCC2. The summed E-state index contributed by atoms with van der Waals surface area (Å²) in [5, 5.41) is 12.4. The summed E-state index contributed by atoms with van der Waals surface area (Å²) >= 11 is 0. The van der Waals surface area contributed by atoms with Crippen LogP contribution in [0.3, 0.4) is 0 Å². The fourth-order valence-corrected chi connectivity index (χ4v) is 2.30. The van der Waals surface area contributed by atoms with Gasteiger partial charge in [-0.3, -0.25) is 0 Å². The number of carbonyl (C=O) groups is 1. The third-order valence-corrected chi connectivity index (χ3v) is 3.28. The van der Waals surface area contributed by atoms with E-state index in [0.717, 1.165) is 31.5 Å². The monoisotopic (exact) mass is 265 g/mol. The highest BCUT2D eigenvalue weighted by atomic mass is 16.5. The van der Waals surface area contributed by atoms with Crippen LogP contribution in [0.25, 0.3) is 0 Å². The summed E-state index contributed by atoms with van der Waals surface area (Å²) in [6, 6.07) is 0. The maximum Gasteiger partial charge on any atom is 0.354 e. The van der Waals surface area contributed by atoms with Gasteiger partial charge in [-0.15, -0.1) is 0 Å². The molecule has 1 atom stereocenters. The number of methoxy groups -OCH3 is 1. The molecular weight excluding hydrogens is 246 g/mol. The number of nitrogens with zero attached hydrogens (tertiary/aromatic N) is 2. The molecule has 0 spiro atoms. The molecule has 0 amide bonds. The van der Waals surface area contributed by atoms with Crippen molar-refractivity contribution in [1.82, 2.24) is 15.3 Å². The lowest BCUT2D eigenvalue weighted by Crippen LogP contribution is -2.29. The van der Waals surface area contributed by atoms with Crippen molar-refractivity contribution in [3.05, 3.63) is 22.8 Å². The average Bonchev–Trinajstić information content (AvgIpc) is 2.43. The number of nitrogens with one attached hydrogen (secondary N) is 1. The number of ether oxygens (including phenoxy) is 1. The predicted octanol–water partition coefficient (Wildman–Crippen LogP) is 1.31. The topological polar surface area (TPSA) is 84.3 Å². The molecule has 0 aromatic carbocycles. The van der Waals surface area contributed by atoms with Gasteiger partial charge in [0.25, 0.3) is 0 Å². The lowest BCUT2D eigenvalue weighted by atomic mass is 10.0. The van der Waals surface area contributed by atoms with Crippen LogP contribution in [-0.4, -0.2) is 34.7 Å². The van der Waals surface area contributed by atoms with Crippen LogP contribution in [0.4, 0.5) is 0 Å². The third-order valence-electron chi connectivity index (χ3n) is 3.28. The van der Waals surface area contributed by atoms with Crippen molar-refractivity contribution in [3.63, 3.8) is 0 Å². The Bertz CT molecular complexity index is 476. The van der Waals surface area contributed by atoms with Crippen LogP contribution in [0, 0.1) is 0 Å². The Kier molecular flexibility index (Phi) is 4.44. The Morgan fingerprint density at radius 2 is 2.32 bits per heavy atom. The van der Waals surface area contributed by atoms with Gasteiger partial charge in [-0.25, -0.2) is 14.8 Å². The van der Waals surface area contributed by atoms with E-state index in [2.05, 4.69) is 15.3 Å². The molecule has 0 bridgehead atoms. The van der Waals surface area contributed by atoms with E-state index in [1.54, 1.807) is 7.11 Å². The quantitative estimate of drug-likeness (QED) is 0.835. The maximum absolute atomic E-state index is 11.3. The zero-order valence-electron chi connectivity index (χ0n) is 11.3. The molecule has 19 heavy (non-hydrogen) atoms. The van der Waals surface area contributed by atoms with Crippen LogP contribution < -0.4 is 5.32 Å². The van der Waals surface area contributed by atoms with Gasteiger partial charge in [-0.05, 0) is 6.42 Å². The van der Waals surface area contributed by atoms with Crippen LogP contribution in [0.1, 0.15) is 53.4 Å². The van der Waals surface area contributed by atoms with E-state index in [9.17, 15) is 9.90 Å². The zero-order valence-corrected chi connectivity index (χ0v) is 11.3. The Balaban J connectivity index is 2.45. The van der Waals surface area contributed by atoms with E-state index in [1.807, 2.05) is 6.92 Å². The van der Waals surface area contributed by atoms with Gasteiger partial charge in [0.1, 0.15) is 6.10 Å². The van der Waals surface area contributed by atoms with Crippen molar-refractivity contribution >= 4 is 5.97 Å². The van der Waals surface area contributed by atoms with Crippen LogP contribution in [0.15, 0.2) is 0 Å². The van der Waals surface area contributed by atoms with Gasteiger partial charge in [0.2, 0.25) is 0 Å². The van der Waals surface area contributed by atoms with Gasteiger partial charge in [0.15, 0.2) is 11.5 Å². The minimum absolute atomic E-state index is 0.102. The summed E-state index contributed by atoms with van der Waals surface area (Å²) < 4.78 is 5.37. The summed E-state index contributed by atoms with van der Waals surface area (Å²) in [5.41, 5.74) is 1.64. The number of hydrogen-bond donors (Lipinski definition) is 2. The second-order valence-electron chi connectivity index (χ2n) is 4.60. The van der Waals surface area contributed by atoms with Gasteiger partial charge < -0.3 is 15.2 Å². The summed E-state index contributed by atoms with van der Waals surface area (Å²) in [6.45, 7) is 3.38. The van der Waals surface area contributed by atoms with Gasteiger partial charge in [0.05, 0.1) is 5.69 Å². The van der Waals surface area contributed by atoms with Crippen molar-refractivity contribution in [3.8, 4) is 0 Å². The standard InChI is InChI=1S/C13H19N3O3/c1-3-4-10(19-2)12-15-9-5-6-14-7-8(9)11(16-12)13(17)18/h10,14H,3-7H2,1-2H3,(H,17,18). The molecule has 2 heterocycles. The molecule has 1 aliphatic rings. The second-order valence-corrected chi connectivity index (χ2v) is 4.60. The highest BCUT2D eigenvalue weighted by Crippen LogP contribution is 2.23. The minimum Gasteiger partial charge on any atom is -0.476 e. The molecule has 1 aliphatic heterocycles. The van der Waals surface area contributed by atoms with Crippen molar-refractivity contribution in [1.29, 1.82) is 0 Å². The molecule has 0 fully saturated rings. The number of rotatable bonds is 5. The van der Waals surface area contributed by atoms with Crippen molar-refractivity contribution in [2.75, 3.05) is 13.7 Å². The summed E-state index contributed by atoms with van der Waals surface area (Å²) in [7, 11) is 1.60. The molecule has 1 aromatic heterocycles. The lowest BCUT2D eigenvalue weighted by molar-refractivity contribution is 0.0680. The van der Waals surface area contributed by atoms with E-state index >= 15 is 0 Å². The lowest BCUT2D eigenvalue weighted by Gasteiger charge is -2.21. The Morgan fingerprint density at radius 1 is 1.53 bits per heavy atom. The van der Waals surface area contributed by atoms with E-state index in [-0.39, 0.29) is 11.8 Å². The van der Waals surface area contributed by atoms with Crippen LogP contribution in [0.5, 0.6) is 0 Å². The molecule has 0 radical (unpaired) electrons. The molecule has 104 valence electrons. The normalized spacial score (nSPS) is 15.9. The fourth-order valence-electron chi connectivity index (χ4n) is 2.30. The van der Waals surface area contributed by atoms with E-state index in [4.69, 9.17) is 4.74 Å². The molecule has 2 rings (SSSR count). The Morgan fingerprint density at radius 3 is 2.95 bits per heavy atom. The molecule has 1 unspecified atom stereocenters. The van der Waals surface area contributed by atoms with Gasteiger partial charge in [-0.2, -0.15) is 0 Å². The highest BCUT2D eigenvalue weighted by Gasteiger charge is 2.24. The molecule has 0 aliphatic carbocycles. The van der Waals surface area contributed by atoms with E-state index < -0.39 is 5.97 Å². The summed E-state index contributed by atoms with van der Waals surface area (Å²) in [5.74, 6) is -0.516. The van der Waals surface area contributed by atoms with Crippen molar-refractivity contribution < 1.29 is 14.6 Å². The molecular formula is C13H19N3O3. The van der Waals surface area contributed by atoms with Crippen molar-refractivity contribution in [2.45, 2.75) is 38.8 Å². The average molecular weight is 265 g/mol. The van der Waals surface area contributed by atoms with E-state index in [1.165, 1.54) is 0 Å². The van der Waals surface area contributed by atoms with Crippen LogP contribution in [-0.2, 0) is 17.7 Å². The first-order valence-electron chi connectivity index (χ1n) is 6.53. The smallest absolute Gasteiger partial charge is 0.354 e. The van der Waals surface area contributed by atoms with Crippen molar-refractivity contribution in [2.24, 2.45) is 0 Å². The predicted molar refractivity (Wildman–Crippen MR) is 69.1 cm³/mol. The molecule has 6 nitrogen and oxygen atoms in total. The molecule has 1 aromatic rings. The molecule has 0 saturated carbocycles. The number of hydrogen-bond acceptors (Lipinski definition) is 5. The highest BCUT2D eigenvalue weighted by molar-refractivity contribution is 5.87. The molecule has 0 saturated heterocycles. The fraction of sp³-hybridized carbons (Fsp3) is 0.615. The van der Waals surface area contributed by atoms with Gasteiger partial charge >= 0.3 is 5.97 Å². The first-order valence-corrected chi connectivity index (χ1v) is 6.53. The first-order chi connectivity index (χ1) is 9.17. The number of aromatic nitrogens is 2. The maximum atomic E-state index is 11.3. The number of aromatic carboxylic acids is 1. The number of carboxylic acid groups (broad SMARTS) is 1. The van der Waals surface area contributed by atoms with Crippen LogP contribution >= 0.6 is 0 Å². The minimum atomic E-state index is -1.00. The Hall–Kier alpha value is -1.53. The number of fused-ring (bicyclic) bond motifs is 1. The number of carboxylic acids is 1. The summed E-state index contributed by atoms with van der Waals surface area (Å²) in [4.78, 5) is 20.0. The largest absolute Gasteiger partial charge is 0.476 e. The zero-order chi connectivity index (χ0) is 13.8. The summed E-state index contributed by atoms with van der Waals surface area (Å²) in [6.07, 6.45) is 2.21. The molecule has 2 N–H and O–H groups in total. The molecule has 6 heteroatoms.